The predicted molar refractivity (Wildman–Crippen MR) is 113 cm³/mol. The van der Waals surface area contributed by atoms with Crippen molar-refractivity contribution < 1.29 is 9.32 Å². The van der Waals surface area contributed by atoms with Crippen LogP contribution in [-0.4, -0.2) is 71.7 Å². The molecule has 2 aliphatic heterocycles. The van der Waals surface area contributed by atoms with Gasteiger partial charge < -0.3 is 19.2 Å². The summed E-state index contributed by atoms with van der Waals surface area (Å²) in [5, 5.41) is 4.74. The van der Waals surface area contributed by atoms with Crippen LogP contribution >= 0.6 is 11.6 Å². The number of likely N-dealkylation sites (N-methyl/N-ethyl adjacent to an activating group) is 1. The molecule has 2 saturated heterocycles. The van der Waals surface area contributed by atoms with Gasteiger partial charge in [0.2, 0.25) is 11.7 Å². The van der Waals surface area contributed by atoms with Crippen LogP contribution in [0.4, 0.5) is 6.01 Å². The number of hydrogen-bond donors (Lipinski definition) is 0. The number of carbonyl (C=O) groups excluding carboxylic acids is 1. The molecule has 0 bridgehead atoms. The molecule has 0 N–H and O–H groups in total. The summed E-state index contributed by atoms with van der Waals surface area (Å²) in [7, 11) is 0. The molecule has 2 fully saturated rings. The van der Waals surface area contributed by atoms with Crippen LogP contribution in [0.25, 0.3) is 11.4 Å². The highest BCUT2D eigenvalue weighted by Gasteiger charge is 2.27. The van der Waals surface area contributed by atoms with Gasteiger partial charge in [0.25, 0.3) is 0 Å². The lowest BCUT2D eigenvalue weighted by atomic mass is 9.93. The van der Waals surface area contributed by atoms with Crippen LogP contribution < -0.4 is 4.90 Å². The van der Waals surface area contributed by atoms with Gasteiger partial charge >= 0.3 is 6.01 Å². The molecule has 4 rings (SSSR count). The molecule has 0 spiro atoms. The van der Waals surface area contributed by atoms with E-state index in [1.165, 1.54) is 0 Å². The van der Waals surface area contributed by atoms with Crippen LogP contribution in [0.15, 0.2) is 28.8 Å². The number of benzene rings is 1. The van der Waals surface area contributed by atoms with Gasteiger partial charge in [-0.1, -0.05) is 35.8 Å². The lowest BCUT2D eigenvalue weighted by molar-refractivity contribution is -0.134. The van der Waals surface area contributed by atoms with Gasteiger partial charge in [0.1, 0.15) is 0 Å². The predicted octanol–water partition coefficient (Wildman–Crippen LogP) is 3.16. The molecule has 156 valence electrons. The number of carbonyl (C=O) groups is 1. The quantitative estimate of drug-likeness (QED) is 0.744. The zero-order chi connectivity index (χ0) is 20.2. The maximum atomic E-state index is 12.6. The van der Waals surface area contributed by atoms with Gasteiger partial charge in [0.05, 0.1) is 0 Å². The van der Waals surface area contributed by atoms with Crippen molar-refractivity contribution in [3.63, 3.8) is 0 Å². The second-order valence-electron chi connectivity index (χ2n) is 7.86. The van der Waals surface area contributed by atoms with E-state index >= 15 is 0 Å². The zero-order valence-electron chi connectivity index (χ0n) is 16.9. The maximum Gasteiger partial charge on any atom is 0.324 e. The molecule has 29 heavy (non-hydrogen) atoms. The van der Waals surface area contributed by atoms with Gasteiger partial charge in [-0.3, -0.25) is 4.79 Å². The number of hydrogen-bond acceptors (Lipinski definition) is 6. The highest BCUT2D eigenvalue weighted by atomic mass is 35.5. The van der Waals surface area contributed by atoms with E-state index < -0.39 is 0 Å². The zero-order valence-corrected chi connectivity index (χ0v) is 17.6. The third-order valence-electron chi connectivity index (χ3n) is 6.02. The topological polar surface area (TPSA) is 65.7 Å². The lowest BCUT2D eigenvalue weighted by Gasteiger charge is -2.36. The van der Waals surface area contributed by atoms with Gasteiger partial charge in [0, 0.05) is 56.3 Å². The molecule has 0 aliphatic carbocycles. The molecule has 0 radical (unpaired) electrons. The summed E-state index contributed by atoms with van der Waals surface area (Å²) in [5.74, 6) is 1.28. The van der Waals surface area contributed by atoms with Crippen molar-refractivity contribution in [3.05, 3.63) is 29.3 Å². The third-order valence-corrected chi connectivity index (χ3v) is 6.25. The number of nitrogens with zero attached hydrogens (tertiary/aromatic N) is 5. The Bertz CT molecular complexity index is 826. The van der Waals surface area contributed by atoms with Crippen molar-refractivity contribution >= 4 is 23.5 Å². The summed E-state index contributed by atoms with van der Waals surface area (Å²) in [6, 6.07) is 7.98. The van der Waals surface area contributed by atoms with E-state index in [-0.39, 0.29) is 0 Å². The third kappa shape index (κ3) is 4.90. The fraction of sp³-hybridized carbons (Fsp3) is 0.571. The molecule has 0 unspecified atom stereocenters. The van der Waals surface area contributed by atoms with Crippen LogP contribution in [0.3, 0.4) is 0 Å². The molecule has 0 atom stereocenters. The standard InChI is InChI=1S/C21H28ClN5O2/c1-2-25-10-12-26(13-11-25)19(28)14-16-6-8-27(9-7-16)21-23-20(24-29-21)17-4-3-5-18(22)15-17/h3-5,15-16H,2,6-14H2,1H3. The fourth-order valence-corrected chi connectivity index (χ4v) is 4.30. The number of amides is 1. The molecule has 3 heterocycles. The van der Waals surface area contributed by atoms with Gasteiger partial charge in [-0.2, -0.15) is 4.98 Å². The van der Waals surface area contributed by atoms with E-state index in [1.807, 2.05) is 29.2 Å². The minimum atomic E-state index is 0.306. The number of rotatable bonds is 5. The molecule has 0 saturated carbocycles. The summed E-state index contributed by atoms with van der Waals surface area (Å²) in [5.41, 5.74) is 0.844. The first-order valence-electron chi connectivity index (χ1n) is 10.5. The van der Waals surface area contributed by atoms with Crippen molar-refractivity contribution in [3.8, 4) is 11.4 Å². The first-order chi connectivity index (χ1) is 14.1. The average Bonchev–Trinajstić information content (AvgIpc) is 3.25. The number of halogens is 1. The molecule has 7 nitrogen and oxygen atoms in total. The first kappa shape index (κ1) is 20.2. The fourth-order valence-electron chi connectivity index (χ4n) is 4.11. The molecule has 2 aliphatic rings. The molecular weight excluding hydrogens is 390 g/mol. The minimum Gasteiger partial charge on any atom is -0.340 e. The average molecular weight is 418 g/mol. The van der Waals surface area contributed by atoms with Gasteiger partial charge in [0.15, 0.2) is 0 Å². The highest BCUT2D eigenvalue weighted by molar-refractivity contribution is 6.30. The Labute approximate surface area is 176 Å². The molecule has 1 aromatic heterocycles. The van der Waals surface area contributed by atoms with Crippen LogP contribution in [0, 0.1) is 5.92 Å². The Balaban J connectivity index is 1.27. The minimum absolute atomic E-state index is 0.306. The Morgan fingerprint density at radius 1 is 1.17 bits per heavy atom. The molecular formula is C21H28ClN5O2. The summed E-state index contributed by atoms with van der Waals surface area (Å²) in [4.78, 5) is 23.7. The lowest BCUT2D eigenvalue weighted by Crippen LogP contribution is -2.49. The Kier molecular flexibility index (Phi) is 6.35. The van der Waals surface area contributed by atoms with Crippen LogP contribution in [-0.2, 0) is 4.79 Å². The van der Waals surface area contributed by atoms with Crippen LogP contribution in [0.5, 0.6) is 0 Å². The number of piperidine rings is 1. The van der Waals surface area contributed by atoms with Crippen molar-refractivity contribution in [1.82, 2.24) is 19.9 Å². The molecule has 8 heteroatoms. The van der Waals surface area contributed by atoms with Crippen LogP contribution in [0.1, 0.15) is 26.2 Å². The SMILES string of the molecule is CCN1CCN(C(=O)CC2CCN(c3nc(-c4cccc(Cl)c4)no3)CC2)CC1. The largest absolute Gasteiger partial charge is 0.340 e. The van der Waals surface area contributed by atoms with Gasteiger partial charge in [-0.05, 0) is 37.4 Å². The first-order valence-corrected chi connectivity index (χ1v) is 10.8. The van der Waals surface area contributed by atoms with E-state index in [0.717, 1.165) is 64.2 Å². The normalized spacial score (nSPS) is 19.0. The van der Waals surface area contributed by atoms with Crippen molar-refractivity contribution in [2.75, 3.05) is 50.7 Å². The van der Waals surface area contributed by atoms with Gasteiger partial charge in [-0.25, -0.2) is 0 Å². The van der Waals surface area contributed by atoms with Crippen molar-refractivity contribution in [2.45, 2.75) is 26.2 Å². The smallest absolute Gasteiger partial charge is 0.324 e. The Morgan fingerprint density at radius 3 is 2.62 bits per heavy atom. The maximum absolute atomic E-state index is 12.6. The Hall–Kier alpha value is -2.12. The van der Waals surface area contributed by atoms with Crippen molar-refractivity contribution in [2.24, 2.45) is 5.92 Å². The monoisotopic (exact) mass is 417 g/mol. The molecule has 1 aromatic carbocycles. The summed E-state index contributed by atoms with van der Waals surface area (Å²) < 4.78 is 5.47. The molecule has 2 aromatic rings. The number of aromatic nitrogens is 2. The van der Waals surface area contributed by atoms with Crippen molar-refractivity contribution in [1.29, 1.82) is 0 Å². The summed E-state index contributed by atoms with van der Waals surface area (Å²) in [6.45, 7) is 8.61. The second-order valence-corrected chi connectivity index (χ2v) is 8.30. The number of anilines is 1. The highest BCUT2D eigenvalue weighted by Crippen LogP contribution is 2.27. The Morgan fingerprint density at radius 2 is 1.93 bits per heavy atom. The van der Waals surface area contributed by atoms with E-state index in [1.54, 1.807) is 0 Å². The van der Waals surface area contributed by atoms with Gasteiger partial charge in [-0.15, -0.1) is 0 Å². The van der Waals surface area contributed by atoms with E-state index in [2.05, 4.69) is 26.9 Å². The summed E-state index contributed by atoms with van der Waals surface area (Å²) in [6.07, 6.45) is 2.59. The van der Waals surface area contributed by atoms with E-state index in [4.69, 9.17) is 16.1 Å². The van der Waals surface area contributed by atoms with E-state index in [0.29, 0.717) is 35.1 Å². The molecule has 1 amide bonds. The van der Waals surface area contributed by atoms with Crippen LogP contribution in [0.2, 0.25) is 5.02 Å². The summed E-state index contributed by atoms with van der Waals surface area (Å²) >= 11 is 6.05. The van der Waals surface area contributed by atoms with E-state index in [9.17, 15) is 4.79 Å². The second kappa shape index (κ2) is 9.13. The number of piperazine rings is 1.